The summed E-state index contributed by atoms with van der Waals surface area (Å²) in [6.07, 6.45) is 2.64. The van der Waals surface area contributed by atoms with Crippen molar-refractivity contribution < 1.29 is 14.3 Å². The first-order valence-corrected chi connectivity index (χ1v) is 9.42. The van der Waals surface area contributed by atoms with Crippen molar-refractivity contribution in [1.82, 2.24) is 9.47 Å². The highest BCUT2D eigenvalue weighted by Gasteiger charge is 2.11. The zero-order chi connectivity index (χ0) is 18.4. The quantitative estimate of drug-likeness (QED) is 0.787. The van der Waals surface area contributed by atoms with Crippen molar-refractivity contribution in [2.45, 2.75) is 32.9 Å². The van der Waals surface area contributed by atoms with Crippen molar-refractivity contribution in [3.63, 3.8) is 0 Å². The van der Waals surface area contributed by atoms with E-state index in [0.29, 0.717) is 13.0 Å². The van der Waals surface area contributed by atoms with Crippen LogP contribution in [0.5, 0.6) is 0 Å². The number of amides is 1. The molecule has 3 rings (SSSR count). The maximum atomic E-state index is 12.0. The molecule has 1 fully saturated rings. The summed E-state index contributed by atoms with van der Waals surface area (Å²) in [6.45, 7) is 10.1. The summed E-state index contributed by atoms with van der Waals surface area (Å²) in [6, 6.07) is 8.18. The van der Waals surface area contributed by atoms with E-state index in [0.717, 1.165) is 50.5 Å². The molecule has 1 aliphatic rings. The van der Waals surface area contributed by atoms with Crippen LogP contribution in [0.25, 0.3) is 10.9 Å². The van der Waals surface area contributed by atoms with Gasteiger partial charge < -0.3 is 19.4 Å². The Morgan fingerprint density at radius 1 is 1.23 bits per heavy atom. The molecule has 2 aromatic rings. The molecule has 1 N–H and O–H groups in total. The monoisotopic (exact) mass is 359 g/mol. The van der Waals surface area contributed by atoms with Gasteiger partial charge in [0.05, 0.1) is 32.3 Å². The SMILES string of the molecule is CC(C)OCCC(=O)Nc1ccc2c(ccn2CCN2CCOCC2)c1. The lowest BCUT2D eigenvalue weighted by Crippen LogP contribution is -2.38. The molecule has 142 valence electrons. The third-order valence-corrected chi connectivity index (χ3v) is 4.60. The minimum atomic E-state index is -0.0169. The van der Waals surface area contributed by atoms with E-state index in [4.69, 9.17) is 9.47 Å². The number of rotatable bonds is 8. The molecular weight excluding hydrogens is 330 g/mol. The summed E-state index contributed by atoms with van der Waals surface area (Å²) in [5, 5.41) is 4.09. The summed E-state index contributed by atoms with van der Waals surface area (Å²) in [7, 11) is 0. The molecule has 1 aromatic heterocycles. The summed E-state index contributed by atoms with van der Waals surface area (Å²) in [5.41, 5.74) is 2.03. The van der Waals surface area contributed by atoms with E-state index in [-0.39, 0.29) is 12.0 Å². The highest BCUT2D eigenvalue weighted by atomic mass is 16.5. The Morgan fingerprint density at radius 3 is 2.81 bits per heavy atom. The van der Waals surface area contributed by atoms with Gasteiger partial charge in [0.15, 0.2) is 0 Å². The first-order chi connectivity index (χ1) is 12.6. The number of aromatic nitrogens is 1. The smallest absolute Gasteiger partial charge is 0.226 e. The molecule has 6 nitrogen and oxygen atoms in total. The number of carbonyl (C=O) groups excluding carboxylic acids is 1. The molecule has 0 radical (unpaired) electrons. The zero-order valence-electron chi connectivity index (χ0n) is 15.7. The fraction of sp³-hybridized carbons (Fsp3) is 0.550. The molecule has 2 heterocycles. The van der Waals surface area contributed by atoms with E-state index in [1.54, 1.807) is 0 Å². The molecular formula is C20H29N3O3. The number of ether oxygens (including phenoxy) is 2. The van der Waals surface area contributed by atoms with Crippen LogP contribution >= 0.6 is 0 Å². The predicted molar refractivity (Wildman–Crippen MR) is 104 cm³/mol. The minimum absolute atomic E-state index is 0.0169. The predicted octanol–water partition coefficient (Wildman–Crippen LogP) is 2.73. The standard InChI is InChI=1S/C20H29N3O3/c1-16(2)26-12-6-20(24)21-18-3-4-19-17(15-18)5-7-23(19)9-8-22-10-13-25-14-11-22/h3-5,7,15-16H,6,8-14H2,1-2H3,(H,21,24). The van der Waals surface area contributed by atoms with Gasteiger partial charge in [-0.25, -0.2) is 0 Å². The van der Waals surface area contributed by atoms with Crippen LogP contribution in [-0.2, 0) is 20.8 Å². The van der Waals surface area contributed by atoms with Gasteiger partial charge in [0, 0.05) is 49.0 Å². The van der Waals surface area contributed by atoms with E-state index in [2.05, 4.69) is 33.1 Å². The van der Waals surface area contributed by atoms with Crippen molar-refractivity contribution >= 4 is 22.5 Å². The number of fused-ring (bicyclic) bond motifs is 1. The van der Waals surface area contributed by atoms with Crippen molar-refractivity contribution in [3.8, 4) is 0 Å². The van der Waals surface area contributed by atoms with Gasteiger partial charge in [0.25, 0.3) is 0 Å². The van der Waals surface area contributed by atoms with Crippen LogP contribution in [0.2, 0.25) is 0 Å². The number of nitrogens with zero attached hydrogens (tertiary/aromatic N) is 2. The molecule has 1 saturated heterocycles. The first kappa shape index (κ1) is 18.9. The van der Waals surface area contributed by atoms with Crippen LogP contribution in [0.1, 0.15) is 20.3 Å². The first-order valence-electron chi connectivity index (χ1n) is 9.42. The number of nitrogens with one attached hydrogen (secondary N) is 1. The van der Waals surface area contributed by atoms with E-state index in [1.807, 2.05) is 26.0 Å². The number of benzene rings is 1. The second kappa shape index (κ2) is 9.16. The van der Waals surface area contributed by atoms with Crippen molar-refractivity contribution in [1.29, 1.82) is 0 Å². The van der Waals surface area contributed by atoms with E-state index < -0.39 is 0 Å². The Labute approximate surface area is 155 Å². The van der Waals surface area contributed by atoms with Crippen LogP contribution in [0.15, 0.2) is 30.5 Å². The van der Waals surface area contributed by atoms with Crippen molar-refractivity contribution in [3.05, 3.63) is 30.5 Å². The Morgan fingerprint density at radius 2 is 2.04 bits per heavy atom. The molecule has 1 amide bonds. The fourth-order valence-corrected chi connectivity index (χ4v) is 3.16. The molecule has 0 atom stereocenters. The molecule has 0 saturated carbocycles. The fourth-order valence-electron chi connectivity index (χ4n) is 3.16. The van der Waals surface area contributed by atoms with Gasteiger partial charge in [-0.3, -0.25) is 9.69 Å². The summed E-state index contributed by atoms with van der Waals surface area (Å²) in [4.78, 5) is 14.4. The van der Waals surface area contributed by atoms with Gasteiger partial charge in [-0.15, -0.1) is 0 Å². The topological polar surface area (TPSA) is 55.7 Å². The Bertz CT molecular complexity index is 720. The van der Waals surface area contributed by atoms with Crippen molar-refractivity contribution in [2.24, 2.45) is 0 Å². The van der Waals surface area contributed by atoms with Crippen LogP contribution in [0, 0.1) is 0 Å². The van der Waals surface area contributed by atoms with Crippen molar-refractivity contribution in [2.75, 3.05) is 44.8 Å². The van der Waals surface area contributed by atoms with E-state index in [9.17, 15) is 4.79 Å². The minimum Gasteiger partial charge on any atom is -0.379 e. The Hall–Kier alpha value is -1.89. The molecule has 0 unspecified atom stereocenters. The lowest BCUT2D eigenvalue weighted by molar-refractivity contribution is -0.117. The second-order valence-electron chi connectivity index (χ2n) is 6.95. The highest BCUT2D eigenvalue weighted by Crippen LogP contribution is 2.21. The van der Waals surface area contributed by atoms with Crippen LogP contribution < -0.4 is 5.32 Å². The largest absolute Gasteiger partial charge is 0.379 e. The van der Waals surface area contributed by atoms with E-state index >= 15 is 0 Å². The number of morpholine rings is 1. The Balaban J connectivity index is 1.55. The maximum Gasteiger partial charge on any atom is 0.226 e. The number of hydrogen-bond acceptors (Lipinski definition) is 4. The van der Waals surface area contributed by atoms with Gasteiger partial charge in [0.2, 0.25) is 5.91 Å². The summed E-state index contributed by atoms with van der Waals surface area (Å²) in [5.74, 6) is -0.0169. The second-order valence-corrected chi connectivity index (χ2v) is 6.95. The van der Waals surface area contributed by atoms with Gasteiger partial charge in [-0.05, 0) is 38.1 Å². The van der Waals surface area contributed by atoms with Gasteiger partial charge in [-0.2, -0.15) is 0 Å². The third kappa shape index (κ3) is 5.30. The number of anilines is 1. The van der Waals surface area contributed by atoms with E-state index in [1.165, 1.54) is 5.52 Å². The lowest BCUT2D eigenvalue weighted by Gasteiger charge is -2.26. The van der Waals surface area contributed by atoms with Crippen LogP contribution in [0.3, 0.4) is 0 Å². The molecule has 1 aliphatic heterocycles. The summed E-state index contributed by atoms with van der Waals surface area (Å²) < 4.78 is 13.1. The van der Waals surface area contributed by atoms with Crippen LogP contribution in [0.4, 0.5) is 5.69 Å². The molecule has 26 heavy (non-hydrogen) atoms. The third-order valence-electron chi connectivity index (χ3n) is 4.60. The summed E-state index contributed by atoms with van der Waals surface area (Å²) >= 11 is 0. The van der Waals surface area contributed by atoms with Gasteiger partial charge >= 0.3 is 0 Å². The molecule has 6 heteroatoms. The maximum absolute atomic E-state index is 12.0. The molecule has 0 aliphatic carbocycles. The molecule has 1 aromatic carbocycles. The van der Waals surface area contributed by atoms with Gasteiger partial charge in [-0.1, -0.05) is 0 Å². The Kier molecular flexibility index (Phi) is 6.66. The number of carbonyl (C=O) groups is 1. The van der Waals surface area contributed by atoms with Gasteiger partial charge in [0.1, 0.15) is 0 Å². The highest BCUT2D eigenvalue weighted by molar-refractivity contribution is 5.93. The average Bonchev–Trinajstić information content (AvgIpc) is 3.03. The molecule has 0 spiro atoms. The van der Waals surface area contributed by atoms with Crippen LogP contribution in [-0.4, -0.2) is 60.9 Å². The lowest BCUT2D eigenvalue weighted by atomic mass is 10.2. The number of hydrogen-bond donors (Lipinski definition) is 1. The molecule has 0 bridgehead atoms. The normalized spacial score (nSPS) is 15.7. The zero-order valence-corrected chi connectivity index (χ0v) is 15.7. The average molecular weight is 359 g/mol.